The molecule has 1 saturated carbocycles. The zero-order chi connectivity index (χ0) is 16.8. The van der Waals surface area contributed by atoms with Crippen LogP contribution in [-0.4, -0.2) is 29.4 Å². The lowest BCUT2D eigenvalue weighted by atomic mass is 9.78. The molecule has 2 rings (SSSR count). The first-order chi connectivity index (χ1) is 11.0. The van der Waals surface area contributed by atoms with E-state index in [4.69, 9.17) is 0 Å². The zero-order valence-electron chi connectivity index (χ0n) is 15.2. The van der Waals surface area contributed by atoms with Crippen molar-refractivity contribution < 1.29 is 10.1 Å². The highest BCUT2D eigenvalue weighted by Gasteiger charge is 2.30. The first-order valence-corrected chi connectivity index (χ1v) is 9.15. The van der Waals surface area contributed by atoms with Crippen LogP contribution < -0.4 is 5.32 Å². The zero-order valence-corrected chi connectivity index (χ0v) is 15.2. The van der Waals surface area contributed by atoms with Gasteiger partial charge in [-0.15, -0.1) is 0 Å². The van der Waals surface area contributed by atoms with Crippen molar-refractivity contribution in [3.8, 4) is 0 Å². The largest absolute Gasteiger partial charge is 0.336 e. The third-order valence-corrected chi connectivity index (χ3v) is 5.50. The van der Waals surface area contributed by atoms with Crippen LogP contribution in [0.3, 0.4) is 0 Å². The molecular formula is C20H33N2O+. The Morgan fingerprint density at radius 1 is 1.22 bits per heavy atom. The fourth-order valence-electron chi connectivity index (χ4n) is 3.66. The summed E-state index contributed by atoms with van der Waals surface area (Å²) in [4.78, 5) is 14.7. The van der Waals surface area contributed by atoms with Gasteiger partial charge in [-0.2, -0.15) is 0 Å². The summed E-state index contributed by atoms with van der Waals surface area (Å²) >= 11 is 0. The van der Waals surface area contributed by atoms with Gasteiger partial charge in [-0.05, 0) is 44.6 Å². The minimum Gasteiger partial charge on any atom is -0.336 e. The second-order valence-corrected chi connectivity index (χ2v) is 7.47. The average Bonchev–Trinajstić information content (AvgIpc) is 2.54. The van der Waals surface area contributed by atoms with Crippen LogP contribution >= 0.6 is 0 Å². The van der Waals surface area contributed by atoms with Gasteiger partial charge in [-0.1, -0.05) is 44.2 Å². The Morgan fingerprint density at radius 3 is 2.57 bits per heavy atom. The lowest BCUT2D eigenvalue weighted by molar-refractivity contribution is -0.689. The van der Waals surface area contributed by atoms with Crippen molar-refractivity contribution in [2.45, 2.75) is 65.6 Å². The fourth-order valence-corrected chi connectivity index (χ4v) is 3.66. The average molecular weight is 317 g/mol. The molecule has 0 aromatic heterocycles. The molecule has 3 atom stereocenters. The van der Waals surface area contributed by atoms with E-state index in [9.17, 15) is 4.79 Å². The minimum absolute atomic E-state index is 0.235. The van der Waals surface area contributed by atoms with Crippen LogP contribution in [0.2, 0.25) is 0 Å². The molecule has 1 aromatic carbocycles. The second kappa shape index (κ2) is 8.49. The van der Waals surface area contributed by atoms with Gasteiger partial charge in [0.15, 0.2) is 6.54 Å². The summed E-state index contributed by atoms with van der Waals surface area (Å²) in [5, 5.41) is 2.29. The Hall–Kier alpha value is -1.35. The van der Waals surface area contributed by atoms with Crippen LogP contribution in [0.25, 0.3) is 0 Å². The Morgan fingerprint density at radius 2 is 1.91 bits per heavy atom. The van der Waals surface area contributed by atoms with Gasteiger partial charge in [0, 0.05) is 18.5 Å². The highest BCUT2D eigenvalue weighted by molar-refractivity contribution is 5.77. The van der Waals surface area contributed by atoms with Crippen LogP contribution in [0.15, 0.2) is 30.3 Å². The fraction of sp³-hybridized carbons (Fsp3) is 0.650. The Bertz CT molecular complexity index is 486. The molecule has 0 radical (unpaired) electrons. The number of amides is 1. The van der Waals surface area contributed by atoms with E-state index in [2.05, 4.69) is 45.1 Å². The van der Waals surface area contributed by atoms with Gasteiger partial charge in [0.05, 0.1) is 6.04 Å². The maximum atomic E-state index is 12.7. The van der Waals surface area contributed by atoms with Crippen molar-refractivity contribution in [1.29, 1.82) is 0 Å². The quantitative estimate of drug-likeness (QED) is 0.860. The van der Waals surface area contributed by atoms with Crippen molar-refractivity contribution in [2.24, 2.45) is 11.8 Å². The molecule has 1 aliphatic rings. The van der Waals surface area contributed by atoms with E-state index in [-0.39, 0.29) is 11.9 Å². The molecule has 0 saturated heterocycles. The van der Waals surface area contributed by atoms with E-state index in [0.29, 0.717) is 25.0 Å². The molecule has 0 bridgehead atoms. The molecular weight excluding hydrogens is 284 g/mol. The molecule has 1 amide bonds. The van der Waals surface area contributed by atoms with Crippen LogP contribution in [0.1, 0.15) is 52.5 Å². The number of benzene rings is 1. The van der Waals surface area contributed by atoms with Gasteiger partial charge in [-0.25, -0.2) is 0 Å². The number of nitrogens with two attached hydrogens (primary N) is 1. The molecule has 2 N–H and O–H groups in total. The number of hydrogen-bond donors (Lipinski definition) is 1. The topological polar surface area (TPSA) is 36.9 Å². The molecule has 1 aliphatic carbocycles. The summed E-state index contributed by atoms with van der Waals surface area (Å²) in [6.07, 6.45) is 3.89. The molecule has 3 heteroatoms. The smallest absolute Gasteiger partial charge is 0.278 e. The second-order valence-electron chi connectivity index (χ2n) is 7.47. The molecule has 23 heavy (non-hydrogen) atoms. The summed E-state index contributed by atoms with van der Waals surface area (Å²) in [7, 11) is 0. The Labute approximate surface area is 141 Å². The van der Waals surface area contributed by atoms with Gasteiger partial charge in [-0.3, -0.25) is 4.79 Å². The first kappa shape index (κ1) is 18.0. The summed E-state index contributed by atoms with van der Waals surface area (Å²) in [5.41, 5.74) is 1.20. The van der Waals surface area contributed by atoms with Crippen molar-refractivity contribution in [3.05, 3.63) is 35.9 Å². The molecule has 128 valence electrons. The SMILES string of the molecule is CC(C)N(Cc1ccccc1)C(=O)C[NH2+][C@H]1CCC[C@@H](C)[C@@H]1C. The maximum absolute atomic E-state index is 12.7. The highest BCUT2D eigenvalue weighted by atomic mass is 16.2. The van der Waals surface area contributed by atoms with Gasteiger partial charge in [0.1, 0.15) is 0 Å². The lowest BCUT2D eigenvalue weighted by Crippen LogP contribution is -2.93. The van der Waals surface area contributed by atoms with Crippen molar-refractivity contribution >= 4 is 5.91 Å². The Balaban J connectivity index is 1.91. The number of quaternary nitrogens is 1. The van der Waals surface area contributed by atoms with Crippen LogP contribution in [0, 0.1) is 11.8 Å². The standard InChI is InChI=1S/C20H32N2O/c1-15(2)22(14-18-10-6-5-7-11-18)20(23)13-21-19-12-8-9-16(3)17(19)4/h5-7,10-11,15-17,19,21H,8-9,12-14H2,1-4H3/p+1/t16-,17+,19+/m1/s1. The van der Waals surface area contributed by atoms with Crippen LogP contribution in [0.5, 0.6) is 0 Å². The van der Waals surface area contributed by atoms with E-state index in [1.54, 1.807) is 0 Å². The van der Waals surface area contributed by atoms with Crippen molar-refractivity contribution in [2.75, 3.05) is 6.54 Å². The summed E-state index contributed by atoms with van der Waals surface area (Å²) in [5.74, 6) is 1.75. The third-order valence-electron chi connectivity index (χ3n) is 5.50. The first-order valence-electron chi connectivity index (χ1n) is 9.15. The van der Waals surface area contributed by atoms with Crippen molar-refractivity contribution in [3.63, 3.8) is 0 Å². The number of carbonyl (C=O) groups is 1. The molecule has 0 unspecified atom stereocenters. The monoisotopic (exact) mass is 317 g/mol. The third kappa shape index (κ3) is 5.07. The predicted octanol–water partition coefficient (Wildman–Crippen LogP) is 2.81. The van der Waals surface area contributed by atoms with Crippen LogP contribution in [0.4, 0.5) is 0 Å². The highest BCUT2D eigenvalue weighted by Crippen LogP contribution is 2.27. The molecule has 0 heterocycles. The number of rotatable bonds is 6. The van der Waals surface area contributed by atoms with E-state index in [0.717, 1.165) is 5.92 Å². The van der Waals surface area contributed by atoms with E-state index < -0.39 is 0 Å². The van der Waals surface area contributed by atoms with Gasteiger partial charge >= 0.3 is 0 Å². The van der Waals surface area contributed by atoms with Crippen LogP contribution in [-0.2, 0) is 11.3 Å². The van der Waals surface area contributed by atoms with Gasteiger partial charge in [0.2, 0.25) is 0 Å². The number of nitrogens with zero attached hydrogens (tertiary/aromatic N) is 1. The van der Waals surface area contributed by atoms with E-state index in [1.165, 1.54) is 24.8 Å². The molecule has 0 spiro atoms. The summed E-state index contributed by atoms with van der Waals surface area (Å²) < 4.78 is 0. The molecule has 1 aromatic rings. The van der Waals surface area contributed by atoms with Gasteiger partial charge < -0.3 is 10.2 Å². The molecule has 1 fully saturated rings. The van der Waals surface area contributed by atoms with Gasteiger partial charge in [0.25, 0.3) is 5.91 Å². The van der Waals surface area contributed by atoms with E-state index in [1.807, 2.05) is 23.1 Å². The summed E-state index contributed by atoms with van der Waals surface area (Å²) in [6, 6.07) is 11.1. The normalized spacial score (nSPS) is 24.7. The predicted molar refractivity (Wildman–Crippen MR) is 94.9 cm³/mol. The summed E-state index contributed by atoms with van der Waals surface area (Å²) in [6.45, 7) is 10.2. The number of carbonyl (C=O) groups excluding carboxylic acids is 1. The lowest BCUT2D eigenvalue weighted by Gasteiger charge is -2.33. The van der Waals surface area contributed by atoms with E-state index >= 15 is 0 Å². The number of hydrogen-bond acceptors (Lipinski definition) is 1. The maximum Gasteiger partial charge on any atom is 0.278 e. The Kier molecular flexibility index (Phi) is 6.64. The molecule has 3 nitrogen and oxygen atoms in total. The minimum atomic E-state index is 0.235. The van der Waals surface area contributed by atoms with Crippen molar-refractivity contribution in [1.82, 2.24) is 4.90 Å². The molecule has 0 aliphatic heterocycles.